The largest absolute Gasteiger partial charge is 0.496 e. The first kappa shape index (κ1) is 36.2. The number of hydrogen-bond acceptors (Lipinski definition) is 8. The van der Waals surface area contributed by atoms with Gasteiger partial charge in [0.05, 0.1) is 24.1 Å². The summed E-state index contributed by atoms with van der Waals surface area (Å²) in [5, 5.41) is 0. The number of ketones is 2. The molecule has 0 saturated carbocycles. The number of halogens is 1. The van der Waals surface area contributed by atoms with E-state index in [1.807, 2.05) is 20.8 Å². The first-order chi connectivity index (χ1) is 20.6. The monoisotopic (exact) mass is 620 g/mol. The third kappa shape index (κ3) is 10.0. The van der Waals surface area contributed by atoms with Crippen LogP contribution in [-0.2, 0) is 19.5 Å². The fourth-order valence-electron chi connectivity index (χ4n) is 5.09. The van der Waals surface area contributed by atoms with Gasteiger partial charge in [0, 0.05) is 31.2 Å². The molecule has 2 aromatic rings. The molecule has 1 saturated heterocycles. The van der Waals surface area contributed by atoms with Crippen molar-refractivity contribution in [3.63, 3.8) is 0 Å². The fourth-order valence-corrected chi connectivity index (χ4v) is 6.75. The van der Waals surface area contributed by atoms with E-state index in [4.69, 9.17) is 14.2 Å². The number of nitrogens with zero attached hydrogens (tertiary/aromatic N) is 2. The Morgan fingerprint density at radius 1 is 1.02 bits per heavy atom. The minimum atomic E-state index is -3.76. The summed E-state index contributed by atoms with van der Waals surface area (Å²) in [6, 6.07) is 10.3. The second kappa shape index (κ2) is 18.0. The van der Waals surface area contributed by atoms with E-state index in [1.54, 1.807) is 12.1 Å². The molecule has 0 amide bonds. The quantitative estimate of drug-likeness (QED) is 0.192. The Kier molecular flexibility index (Phi) is 15.2. The minimum Gasteiger partial charge on any atom is -0.496 e. The van der Waals surface area contributed by atoms with Crippen LogP contribution in [0.25, 0.3) is 0 Å². The Morgan fingerprint density at radius 3 is 2.19 bits per heavy atom. The first-order valence-corrected chi connectivity index (χ1v) is 16.0. The van der Waals surface area contributed by atoms with Crippen molar-refractivity contribution < 1.29 is 36.6 Å². The summed E-state index contributed by atoms with van der Waals surface area (Å²) in [5.41, 5.74) is 0.663. The standard InChI is InChI=1S/C24H27FN2O5S.C6H14O2.C2H4/c1-32-21-4-2-5-22-23(21)20(28)16-27(33(22,30)31)13-3-12-26-14-10-18(11-15-26)24(29)17-6-8-19(25)9-7-17;1-4-7-6(3)8-5-2;1-2/h2,4-9,18H,3,10-16H2,1H3;6H,4-5H2,1-3H3;1-2H2. The van der Waals surface area contributed by atoms with Crippen molar-refractivity contribution in [1.82, 2.24) is 9.21 Å². The highest BCUT2D eigenvalue weighted by molar-refractivity contribution is 7.89. The van der Waals surface area contributed by atoms with Crippen molar-refractivity contribution in [3.8, 4) is 5.75 Å². The first-order valence-electron chi connectivity index (χ1n) is 14.6. The van der Waals surface area contributed by atoms with Gasteiger partial charge in [0.15, 0.2) is 17.9 Å². The smallest absolute Gasteiger partial charge is 0.244 e. The van der Waals surface area contributed by atoms with Gasteiger partial charge in [-0.25, -0.2) is 12.8 Å². The van der Waals surface area contributed by atoms with Crippen LogP contribution in [-0.4, -0.2) is 88.5 Å². The van der Waals surface area contributed by atoms with E-state index in [9.17, 15) is 22.4 Å². The lowest BCUT2D eigenvalue weighted by molar-refractivity contribution is -0.123. The molecule has 2 aliphatic rings. The number of ether oxygens (including phenoxy) is 3. The van der Waals surface area contributed by atoms with Crippen molar-refractivity contribution in [2.75, 3.05) is 53.0 Å². The van der Waals surface area contributed by atoms with E-state index >= 15 is 0 Å². The molecule has 0 aliphatic carbocycles. The van der Waals surface area contributed by atoms with E-state index in [-0.39, 0.29) is 58.9 Å². The molecule has 2 heterocycles. The molecular formula is C32H45FN2O7S. The van der Waals surface area contributed by atoms with Gasteiger partial charge in [-0.1, -0.05) is 6.07 Å². The maximum atomic E-state index is 13.1. The molecule has 1 fully saturated rings. The molecule has 43 heavy (non-hydrogen) atoms. The summed E-state index contributed by atoms with van der Waals surface area (Å²) in [5.74, 6) is -0.391. The van der Waals surface area contributed by atoms with Crippen LogP contribution in [0.4, 0.5) is 4.39 Å². The van der Waals surface area contributed by atoms with Gasteiger partial charge in [0.2, 0.25) is 10.0 Å². The molecule has 0 bridgehead atoms. The molecule has 0 atom stereocenters. The Morgan fingerprint density at radius 2 is 1.63 bits per heavy atom. The summed E-state index contributed by atoms with van der Waals surface area (Å²) in [4.78, 5) is 27.5. The molecular weight excluding hydrogens is 575 g/mol. The minimum absolute atomic E-state index is 0.00165. The summed E-state index contributed by atoms with van der Waals surface area (Å²) in [6.07, 6.45) is 1.97. The molecule has 4 rings (SSSR count). The van der Waals surface area contributed by atoms with Crippen molar-refractivity contribution in [3.05, 3.63) is 72.6 Å². The second-order valence-corrected chi connectivity index (χ2v) is 11.8. The maximum Gasteiger partial charge on any atom is 0.244 e. The molecule has 238 valence electrons. The summed E-state index contributed by atoms with van der Waals surface area (Å²) in [6.45, 7) is 15.5. The Balaban J connectivity index is 0.000000561. The number of sulfonamides is 1. The zero-order chi connectivity index (χ0) is 32.0. The van der Waals surface area contributed by atoms with E-state index in [2.05, 4.69) is 18.1 Å². The van der Waals surface area contributed by atoms with E-state index in [0.717, 1.165) is 26.3 Å². The molecule has 0 radical (unpaired) electrons. The van der Waals surface area contributed by atoms with Crippen LogP contribution in [0, 0.1) is 11.7 Å². The topological polar surface area (TPSA) is 102 Å². The average Bonchev–Trinajstić information content (AvgIpc) is 3.01. The summed E-state index contributed by atoms with van der Waals surface area (Å²) >= 11 is 0. The number of hydrogen-bond donors (Lipinski definition) is 0. The number of carbonyl (C=O) groups excluding carboxylic acids is 2. The van der Waals surface area contributed by atoms with Crippen molar-refractivity contribution in [1.29, 1.82) is 0 Å². The van der Waals surface area contributed by atoms with Crippen LogP contribution in [0.2, 0.25) is 0 Å². The van der Waals surface area contributed by atoms with Gasteiger partial charge >= 0.3 is 0 Å². The van der Waals surface area contributed by atoms with E-state index in [0.29, 0.717) is 31.4 Å². The van der Waals surface area contributed by atoms with Gasteiger partial charge in [0.1, 0.15) is 11.6 Å². The van der Waals surface area contributed by atoms with Gasteiger partial charge in [-0.15, -0.1) is 13.2 Å². The number of Topliss-reactive ketones (excluding diaryl/α,β-unsaturated/α-hetero) is 2. The number of rotatable bonds is 11. The number of fused-ring (bicyclic) bond motifs is 1. The number of benzene rings is 2. The van der Waals surface area contributed by atoms with E-state index in [1.165, 1.54) is 41.7 Å². The van der Waals surface area contributed by atoms with Crippen LogP contribution >= 0.6 is 0 Å². The molecule has 0 aromatic heterocycles. The lowest BCUT2D eigenvalue weighted by Gasteiger charge is -2.32. The Bertz CT molecular complexity index is 1270. The summed E-state index contributed by atoms with van der Waals surface area (Å²) in [7, 11) is -2.35. The van der Waals surface area contributed by atoms with Crippen LogP contribution in [0.5, 0.6) is 5.75 Å². The Hall–Kier alpha value is -2.96. The molecule has 2 aliphatic heterocycles. The van der Waals surface area contributed by atoms with Crippen LogP contribution in [0.15, 0.2) is 60.5 Å². The normalized spacial score (nSPS) is 16.8. The van der Waals surface area contributed by atoms with Gasteiger partial charge in [-0.05, 0) is 96.1 Å². The van der Waals surface area contributed by atoms with Crippen molar-refractivity contribution in [2.45, 2.75) is 51.2 Å². The zero-order valence-electron chi connectivity index (χ0n) is 25.7. The second-order valence-electron chi connectivity index (χ2n) is 9.91. The number of piperidine rings is 1. The zero-order valence-corrected chi connectivity index (χ0v) is 26.5. The average molecular weight is 621 g/mol. The van der Waals surface area contributed by atoms with Gasteiger partial charge in [-0.3, -0.25) is 9.59 Å². The molecule has 11 heteroatoms. The van der Waals surface area contributed by atoms with Gasteiger partial charge in [-0.2, -0.15) is 4.31 Å². The SMILES string of the molecule is C=C.CCOC(C)OCC.COc1cccc2c1C(=O)CN(CCCN1CCC(C(=O)c3ccc(F)cc3)CC1)S2(=O)=O. The molecule has 0 N–H and O–H groups in total. The number of methoxy groups -OCH3 is 1. The van der Waals surface area contributed by atoms with Gasteiger partial charge in [0.25, 0.3) is 0 Å². The highest BCUT2D eigenvalue weighted by atomic mass is 32.2. The lowest BCUT2D eigenvalue weighted by atomic mass is 9.89. The van der Waals surface area contributed by atoms with Crippen LogP contribution < -0.4 is 4.74 Å². The third-order valence-electron chi connectivity index (χ3n) is 7.20. The lowest BCUT2D eigenvalue weighted by Crippen LogP contribution is -2.43. The highest BCUT2D eigenvalue weighted by Crippen LogP contribution is 2.33. The maximum absolute atomic E-state index is 13.1. The van der Waals surface area contributed by atoms with Crippen LogP contribution in [0.3, 0.4) is 0 Å². The number of carbonyl (C=O) groups is 2. The number of likely N-dealkylation sites (tertiary alicyclic amines) is 1. The highest BCUT2D eigenvalue weighted by Gasteiger charge is 2.37. The Labute approximate surface area is 255 Å². The summed E-state index contributed by atoms with van der Waals surface area (Å²) < 4.78 is 55.7. The predicted octanol–water partition coefficient (Wildman–Crippen LogP) is 5.21. The molecule has 9 nitrogen and oxygen atoms in total. The third-order valence-corrected chi connectivity index (χ3v) is 9.08. The predicted molar refractivity (Wildman–Crippen MR) is 165 cm³/mol. The van der Waals surface area contributed by atoms with Crippen LogP contribution in [0.1, 0.15) is 60.7 Å². The van der Waals surface area contributed by atoms with Crippen molar-refractivity contribution >= 4 is 21.6 Å². The fraction of sp³-hybridized carbons (Fsp3) is 0.500. The molecule has 2 aromatic carbocycles. The molecule has 0 unspecified atom stereocenters. The van der Waals surface area contributed by atoms with Gasteiger partial charge < -0.3 is 19.1 Å². The van der Waals surface area contributed by atoms with Crippen molar-refractivity contribution in [2.24, 2.45) is 5.92 Å². The molecule has 0 spiro atoms. The van der Waals surface area contributed by atoms with E-state index < -0.39 is 10.0 Å².